The van der Waals surface area contributed by atoms with E-state index in [9.17, 15) is 11.8 Å². The van der Waals surface area contributed by atoms with E-state index in [1.54, 1.807) is 45.3 Å². The van der Waals surface area contributed by atoms with Crippen LogP contribution in [-0.4, -0.2) is 9.13 Å². The molecule has 0 aliphatic carbocycles. The molecule has 0 saturated carbocycles. The van der Waals surface area contributed by atoms with Crippen molar-refractivity contribution in [3.63, 3.8) is 0 Å². The van der Waals surface area contributed by atoms with Gasteiger partial charge in [0.1, 0.15) is 6.07 Å². The second kappa shape index (κ2) is 15.7. The average molecular weight is 1040 g/mol. The third-order valence-electron chi connectivity index (χ3n) is 15.8. The van der Waals surface area contributed by atoms with Crippen molar-refractivity contribution >= 4 is 175 Å². The second-order valence-corrected chi connectivity index (χ2v) is 23.8. The fourth-order valence-corrected chi connectivity index (χ4v) is 17.5. The molecule has 0 aliphatic rings. The Hall–Kier alpha value is -9.12. The van der Waals surface area contributed by atoms with Gasteiger partial charge < -0.3 is 9.13 Å². The highest BCUT2D eigenvalue weighted by Crippen LogP contribution is 2.57. The van der Waals surface area contributed by atoms with Crippen molar-refractivity contribution in [3.05, 3.63) is 223 Å². The van der Waals surface area contributed by atoms with Crippen LogP contribution in [0.3, 0.4) is 0 Å². The number of hydrogen-bond donors (Lipinski definition) is 0. The minimum absolute atomic E-state index is 0.433. The van der Waals surface area contributed by atoms with E-state index in [0.717, 1.165) is 117 Å². The Kier molecular flexibility index (Phi) is 8.73. The summed E-state index contributed by atoms with van der Waals surface area (Å²) in [5.41, 5.74) is 9.77. The molecule has 0 radical (unpaired) electrons. The Morgan fingerprint density at radius 3 is 1.24 bits per heavy atom. The zero-order valence-electron chi connectivity index (χ0n) is 40.1. The molecule has 0 spiro atoms. The Balaban J connectivity index is 1.21. The van der Waals surface area contributed by atoms with E-state index in [1.807, 2.05) is 0 Å². The zero-order chi connectivity index (χ0) is 49.9. The normalized spacial score (nSPS) is 12.2. The van der Waals surface area contributed by atoms with E-state index in [4.69, 9.17) is 4.85 Å². The van der Waals surface area contributed by atoms with Gasteiger partial charge in [0.25, 0.3) is 0 Å². The standard InChI is InChI=1S/C68H34N4S4/c1-70-62-60(47-22-14-30-56-58(47)45-20-6-12-28-54(45)73-56)49(36-69)63(71-50-24-8-2-16-37(50)41-32-34-43-39-18-4-10-26-52(39)75-67(43)64(41)71)61(48-23-15-31-57-59(48)46-21-7-13-29-55(46)74-57)66(62)72-51-25-9-3-17-38(51)42-33-35-44-40-19-5-11-27-53(40)76-68(44)65(42)72/h2-35H. The fraction of sp³-hybridized carbons (Fsp3) is 0. The molecule has 6 aromatic heterocycles. The zero-order valence-corrected chi connectivity index (χ0v) is 43.3. The number of nitrogens with zero attached hydrogens (tertiary/aromatic N) is 4. The van der Waals surface area contributed by atoms with E-state index in [2.05, 4.69) is 221 Å². The Morgan fingerprint density at radius 1 is 0.355 bits per heavy atom. The summed E-state index contributed by atoms with van der Waals surface area (Å²) in [5, 5.41) is 26.2. The minimum atomic E-state index is 0.433. The van der Waals surface area contributed by atoms with E-state index in [0.29, 0.717) is 16.8 Å². The molecule has 0 amide bonds. The van der Waals surface area contributed by atoms with Gasteiger partial charge in [-0.3, -0.25) is 0 Å². The summed E-state index contributed by atoms with van der Waals surface area (Å²) in [6, 6.07) is 77.2. The van der Waals surface area contributed by atoms with Gasteiger partial charge in [-0.15, -0.1) is 45.3 Å². The molecular formula is C68H34N4S4. The third-order valence-corrected chi connectivity index (χ3v) is 20.5. The number of thiophene rings is 4. The lowest BCUT2D eigenvalue weighted by Gasteiger charge is -2.26. The van der Waals surface area contributed by atoms with E-state index >= 15 is 0 Å². The summed E-state index contributed by atoms with van der Waals surface area (Å²) in [6.07, 6.45) is 0. The van der Waals surface area contributed by atoms with Gasteiger partial charge in [0, 0.05) is 104 Å². The first kappa shape index (κ1) is 42.3. The van der Waals surface area contributed by atoms with Gasteiger partial charge in [-0.25, -0.2) is 4.85 Å². The molecule has 350 valence electrons. The molecule has 8 heteroatoms. The second-order valence-electron chi connectivity index (χ2n) is 19.5. The van der Waals surface area contributed by atoms with Crippen molar-refractivity contribution in [1.29, 1.82) is 5.26 Å². The molecule has 0 atom stereocenters. The molecule has 6 heterocycles. The van der Waals surface area contributed by atoms with Crippen LogP contribution in [0.25, 0.3) is 163 Å². The van der Waals surface area contributed by atoms with Crippen LogP contribution >= 0.6 is 45.3 Å². The molecule has 0 fully saturated rings. The molecule has 76 heavy (non-hydrogen) atoms. The smallest absolute Gasteiger partial charge is 0.220 e. The maximum atomic E-state index is 12.6. The first-order valence-corrected chi connectivity index (χ1v) is 28.4. The first-order chi connectivity index (χ1) is 37.7. The quantitative estimate of drug-likeness (QED) is 0.162. The SMILES string of the molecule is [C-]#[N+]c1c(-c2cccc3sc4ccccc4c23)c(C#N)c(-n2c3ccccc3c3ccc4c5ccccc5sc4c32)c(-c2cccc3sc4ccccc4c23)c1-n1c2ccccc2c2ccc3c4ccccc4sc3c21. The molecule has 11 aromatic carbocycles. The van der Waals surface area contributed by atoms with Gasteiger partial charge in [0.15, 0.2) is 0 Å². The third kappa shape index (κ3) is 5.53. The Bertz CT molecular complexity index is 5300. The van der Waals surface area contributed by atoms with Crippen molar-refractivity contribution in [2.24, 2.45) is 0 Å². The number of para-hydroxylation sites is 2. The van der Waals surface area contributed by atoms with E-state index in [1.165, 1.54) is 35.6 Å². The van der Waals surface area contributed by atoms with Crippen molar-refractivity contribution in [2.75, 3.05) is 0 Å². The minimum Gasteiger partial charge on any atom is -0.317 e. The van der Waals surface area contributed by atoms with Gasteiger partial charge in [0.2, 0.25) is 5.69 Å². The molecular weight excluding hydrogens is 1000 g/mol. The lowest BCUT2D eigenvalue weighted by molar-refractivity contribution is 1.14. The van der Waals surface area contributed by atoms with Crippen LogP contribution in [0.2, 0.25) is 0 Å². The molecule has 0 unspecified atom stereocenters. The number of fused-ring (bicyclic) bond motifs is 20. The summed E-state index contributed by atoms with van der Waals surface area (Å²) in [7, 11) is 0. The van der Waals surface area contributed by atoms with Crippen LogP contribution in [0.5, 0.6) is 0 Å². The summed E-state index contributed by atoms with van der Waals surface area (Å²) >= 11 is 7.15. The number of aromatic nitrogens is 2. The topological polar surface area (TPSA) is 38.0 Å². The number of benzene rings is 11. The predicted octanol–water partition coefficient (Wildman–Crippen LogP) is 21.1. The van der Waals surface area contributed by atoms with Crippen LogP contribution in [0.15, 0.2) is 206 Å². The summed E-state index contributed by atoms with van der Waals surface area (Å²) < 4.78 is 14.2. The number of rotatable bonds is 4. The molecule has 17 aromatic rings. The van der Waals surface area contributed by atoms with Crippen molar-refractivity contribution in [1.82, 2.24) is 9.13 Å². The van der Waals surface area contributed by atoms with Crippen LogP contribution < -0.4 is 0 Å². The first-order valence-electron chi connectivity index (χ1n) is 25.2. The van der Waals surface area contributed by atoms with Crippen LogP contribution in [0.4, 0.5) is 5.69 Å². The number of hydrogen-bond acceptors (Lipinski definition) is 5. The molecule has 0 bridgehead atoms. The molecule has 17 rings (SSSR count). The molecule has 0 saturated heterocycles. The van der Waals surface area contributed by atoms with Gasteiger partial charge in [0.05, 0.1) is 55.0 Å². The van der Waals surface area contributed by atoms with Gasteiger partial charge in [-0.1, -0.05) is 158 Å². The van der Waals surface area contributed by atoms with E-state index in [-0.39, 0.29) is 0 Å². The highest BCUT2D eigenvalue weighted by molar-refractivity contribution is 7.27. The van der Waals surface area contributed by atoms with Crippen molar-refractivity contribution < 1.29 is 0 Å². The average Bonchev–Trinajstić information content (AvgIpc) is 4.51. The predicted molar refractivity (Wildman–Crippen MR) is 329 cm³/mol. The van der Waals surface area contributed by atoms with Gasteiger partial charge in [-0.2, -0.15) is 5.26 Å². The maximum absolute atomic E-state index is 12.6. The fourth-order valence-electron chi connectivity index (χ4n) is 12.8. The summed E-state index contributed by atoms with van der Waals surface area (Å²) in [5.74, 6) is 0. The number of nitriles is 1. The van der Waals surface area contributed by atoms with Crippen molar-refractivity contribution in [2.45, 2.75) is 0 Å². The maximum Gasteiger partial charge on any atom is 0.220 e. The van der Waals surface area contributed by atoms with E-state index < -0.39 is 0 Å². The highest BCUT2D eigenvalue weighted by Gasteiger charge is 2.34. The van der Waals surface area contributed by atoms with Gasteiger partial charge >= 0.3 is 0 Å². The summed E-state index contributed by atoms with van der Waals surface area (Å²) in [4.78, 5) is 4.84. The monoisotopic (exact) mass is 1030 g/mol. The molecule has 4 nitrogen and oxygen atoms in total. The largest absolute Gasteiger partial charge is 0.317 e. The van der Waals surface area contributed by atoms with Gasteiger partial charge in [-0.05, 0) is 59.7 Å². The van der Waals surface area contributed by atoms with Crippen molar-refractivity contribution in [3.8, 4) is 39.7 Å². The van der Waals surface area contributed by atoms with Crippen LogP contribution in [0, 0.1) is 17.9 Å². The lowest BCUT2D eigenvalue weighted by atomic mass is 9.86. The Morgan fingerprint density at radius 2 is 0.750 bits per heavy atom. The van der Waals surface area contributed by atoms with Crippen LogP contribution in [-0.2, 0) is 0 Å². The molecule has 0 N–H and O–H groups in total. The Labute approximate surface area is 449 Å². The van der Waals surface area contributed by atoms with Crippen LogP contribution in [0.1, 0.15) is 5.56 Å². The highest BCUT2D eigenvalue weighted by atomic mass is 32.1. The summed E-state index contributed by atoms with van der Waals surface area (Å²) in [6.45, 7) is 9.85. The lowest BCUT2D eigenvalue weighted by Crippen LogP contribution is -2.09. The molecule has 0 aliphatic heterocycles.